The van der Waals surface area contributed by atoms with E-state index in [2.05, 4.69) is 42.9 Å². The Balaban J connectivity index is 0.000000254. The van der Waals surface area contributed by atoms with Crippen LogP contribution in [0.5, 0.6) is 0 Å². The van der Waals surface area contributed by atoms with Gasteiger partial charge in [0.15, 0.2) is 0 Å². The summed E-state index contributed by atoms with van der Waals surface area (Å²) in [7, 11) is 3.77. The molecular weight excluding hydrogens is 434 g/mol. The Morgan fingerprint density at radius 1 is 1.00 bits per heavy atom. The monoisotopic (exact) mass is 447 g/mol. The summed E-state index contributed by atoms with van der Waals surface area (Å²) in [4.78, 5) is 6.00. The van der Waals surface area contributed by atoms with Crippen molar-refractivity contribution >= 4 is 49.6 Å². The smallest absolute Gasteiger partial charge is 0.101 e. The molecule has 0 radical (unpaired) electrons. The van der Waals surface area contributed by atoms with Gasteiger partial charge in [0.25, 0.3) is 0 Å². The number of anilines is 1. The van der Waals surface area contributed by atoms with E-state index in [-0.39, 0.29) is 0 Å². The Morgan fingerprint density at radius 2 is 1.54 bits per heavy atom. The van der Waals surface area contributed by atoms with Crippen molar-refractivity contribution in [1.29, 1.82) is 10.5 Å². The highest BCUT2D eigenvalue weighted by Crippen LogP contribution is 2.22. The minimum atomic E-state index is 0.509. The second kappa shape index (κ2) is 9.71. The largest absolute Gasteiger partial charge is 0.398 e. The summed E-state index contributed by atoms with van der Waals surface area (Å²) in [5.74, 6) is 0. The van der Waals surface area contributed by atoms with Crippen LogP contribution >= 0.6 is 31.9 Å². The Kier molecular flexibility index (Phi) is 7.97. The van der Waals surface area contributed by atoms with E-state index in [0.29, 0.717) is 22.5 Å². The second-order valence-electron chi connectivity index (χ2n) is 4.82. The summed E-state index contributed by atoms with van der Waals surface area (Å²) in [5.41, 5.74) is 7.74. The van der Waals surface area contributed by atoms with Crippen molar-refractivity contribution in [3.8, 4) is 12.1 Å². The minimum Gasteiger partial charge on any atom is -0.398 e. The molecule has 0 saturated carbocycles. The van der Waals surface area contributed by atoms with Gasteiger partial charge in [0.2, 0.25) is 0 Å². The average molecular weight is 449 g/mol. The van der Waals surface area contributed by atoms with Gasteiger partial charge in [0.1, 0.15) is 12.1 Å². The quantitative estimate of drug-likeness (QED) is 0.417. The minimum absolute atomic E-state index is 0.509. The van der Waals surface area contributed by atoms with Crippen LogP contribution in [0.4, 0.5) is 11.4 Å². The van der Waals surface area contributed by atoms with Gasteiger partial charge in [-0.25, -0.2) is 4.99 Å². The van der Waals surface area contributed by atoms with Crippen LogP contribution in [-0.4, -0.2) is 25.3 Å². The van der Waals surface area contributed by atoms with E-state index in [1.165, 1.54) is 0 Å². The van der Waals surface area contributed by atoms with E-state index in [0.717, 1.165) is 8.95 Å². The number of aliphatic imine (C=N–C) groups is 1. The standard InChI is InChI=1S/C10H10BrN3.C7H5BrN2/c1-14(2)7-13-10-4-3-9(11)5-8(10)6-12;8-6-1-2-7(10)5(3-6)4-9/h3-5,7H,1-2H3;1-3H,10H2. The van der Waals surface area contributed by atoms with Crippen LogP contribution in [-0.2, 0) is 0 Å². The zero-order chi connectivity index (χ0) is 18.1. The molecule has 0 atom stereocenters. The normalized spacial score (nSPS) is 9.58. The van der Waals surface area contributed by atoms with Crippen LogP contribution in [0.3, 0.4) is 0 Å². The van der Waals surface area contributed by atoms with Crippen molar-refractivity contribution in [2.24, 2.45) is 4.99 Å². The van der Waals surface area contributed by atoms with E-state index < -0.39 is 0 Å². The highest BCUT2D eigenvalue weighted by Gasteiger charge is 2.00. The van der Waals surface area contributed by atoms with Gasteiger partial charge >= 0.3 is 0 Å². The lowest BCUT2D eigenvalue weighted by Gasteiger charge is -2.03. The van der Waals surface area contributed by atoms with E-state index >= 15 is 0 Å². The van der Waals surface area contributed by atoms with Crippen molar-refractivity contribution in [2.75, 3.05) is 19.8 Å². The Hall–Kier alpha value is -2.35. The number of hydrogen-bond acceptors (Lipinski definition) is 4. The molecule has 0 heterocycles. The van der Waals surface area contributed by atoms with Gasteiger partial charge in [-0.2, -0.15) is 10.5 Å². The van der Waals surface area contributed by atoms with E-state index in [1.807, 2.05) is 37.2 Å². The van der Waals surface area contributed by atoms with Crippen molar-refractivity contribution in [1.82, 2.24) is 4.90 Å². The third-order valence-electron chi connectivity index (χ3n) is 2.64. The fraction of sp³-hybridized carbons (Fsp3) is 0.118. The lowest BCUT2D eigenvalue weighted by atomic mass is 10.2. The van der Waals surface area contributed by atoms with Crippen LogP contribution < -0.4 is 5.73 Å². The van der Waals surface area contributed by atoms with Crippen LogP contribution in [0, 0.1) is 22.7 Å². The topological polar surface area (TPSA) is 89.2 Å². The van der Waals surface area contributed by atoms with Crippen molar-refractivity contribution < 1.29 is 0 Å². The number of halogens is 2. The number of nitrogens with two attached hydrogens (primary N) is 1. The van der Waals surface area contributed by atoms with Gasteiger partial charge in [0, 0.05) is 28.7 Å². The zero-order valence-electron chi connectivity index (χ0n) is 13.2. The summed E-state index contributed by atoms with van der Waals surface area (Å²) < 4.78 is 1.76. The predicted octanol–water partition coefficient (Wildman–Crippen LogP) is 4.45. The maximum Gasteiger partial charge on any atom is 0.101 e. The number of nitrogens with zero attached hydrogens (tertiary/aromatic N) is 4. The Morgan fingerprint density at radius 3 is 2.04 bits per heavy atom. The number of nitrogen functional groups attached to an aromatic ring is 1. The number of benzene rings is 2. The van der Waals surface area contributed by atoms with Crippen molar-refractivity contribution in [3.05, 3.63) is 56.5 Å². The van der Waals surface area contributed by atoms with E-state index in [1.54, 1.807) is 30.6 Å². The zero-order valence-corrected chi connectivity index (χ0v) is 16.3. The molecule has 2 aromatic carbocycles. The van der Waals surface area contributed by atoms with Crippen molar-refractivity contribution in [2.45, 2.75) is 0 Å². The third kappa shape index (κ3) is 6.41. The second-order valence-corrected chi connectivity index (χ2v) is 6.66. The van der Waals surface area contributed by atoms with Gasteiger partial charge in [-0.1, -0.05) is 31.9 Å². The molecule has 24 heavy (non-hydrogen) atoms. The first kappa shape index (κ1) is 19.7. The summed E-state index contributed by atoms with van der Waals surface area (Å²) >= 11 is 6.53. The molecule has 0 amide bonds. The van der Waals surface area contributed by atoms with E-state index in [9.17, 15) is 0 Å². The SMILES string of the molecule is CN(C)C=Nc1ccc(Br)cc1C#N.N#Cc1cc(Br)ccc1N. The first-order chi connectivity index (χ1) is 11.4. The van der Waals surface area contributed by atoms with Gasteiger partial charge < -0.3 is 10.6 Å². The predicted molar refractivity (Wildman–Crippen MR) is 104 cm³/mol. The van der Waals surface area contributed by atoms with Gasteiger partial charge in [-0.05, 0) is 36.4 Å². The average Bonchev–Trinajstić information content (AvgIpc) is 2.56. The number of rotatable bonds is 2. The molecule has 0 unspecified atom stereocenters. The van der Waals surface area contributed by atoms with Crippen molar-refractivity contribution in [3.63, 3.8) is 0 Å². The third-order valence-corrected chi connectivity index (χ3v) is 3.63. The molecule has 7 heteroatoms. The highest BCUT2D eigenvalue weighted by atomic mass is 79.9. The summed E-state index contributed by atoms with van der Waals surface area (Å²) in [5, 5.41) is 17.3. The molecule has 0 aliphatic heterocycles. The van der Waals surface area contributed by atoms with E-state index in [4.69, 9.17) is 16.3 Å². The molecule has 0 aliphatic carbocycles. The van der Waals surface area contributed by atoms with Gasteiger partial charge in [-0.3, -0.25) is 0 Å². The van der Waals surface area contributed by atoms with Gasteiger partial charge in [0.05, 0.1) is 23.2 Å². The maximum absolute atomic E-state index is 8.85. The molecule has 2 N–H and O–H groups in total. The molecule has 2 rings (SSSR count). The molecule has 5 nitrogen and oxygen atoms in total. The number of hydrogen-bond donors (Lipinski definition) is 1. The Bertz CT molecular complexity index is 817. The molecule has 0 spiro atoms. The molecule has 2 aromatic rings. The fourth-order valence-electron chi connectivity index (χ4n) is 1.51. The van der Waals surface area contributed by atoms with Crippen LogP contribution in [0.1, 0.15) is 11.1 Å². The van der Waals surface area contributed by atoms with Crippen LogP contribution in [0.25, 0.3) is 0 Å². The first-order valence-electron chi connectivity index (χ1n) is 6.72. The lowest BCUT2D eigenvalue weighted by molar-refractivity contribution is 0.643. The molecular formula is C17H15Br2N5. The lowest BCUT2D eigenvalue weighted by Crippen LogP contribution is -2.07. The fourth-order valence-corrected chi connectivity index (χ4v) is 2.24. The molecule has 0 saturated heterocycles. The summed E-state index contributed by atoms with van der Waals surface area (Å²) in [6, 6.07) is 14.7. The summed E-state index contributed by atoms with van der Waals surface area (Å²) in [6.45, 7) is 0. The number of nitriles is 2. The van der Waals surface area contributed by atoms with Gasteiger partial charge in [-0.15, -0.1) is 0 Å². The summed E-state index contributed by atoms with van der Waals surface area (Å²) in [6.07, 6.45) is 1.67. The highest BCUT2D eigenvalue weighted by molar-refractivity contribution is 9.10. The maximum atomic E-state index is 8.85. The van der Waals surface area contributed by atoms with Crippen LogP contribution in [0.15, 0.2) is 50.3 Å². The molecule has 0 bridgehead atoms. The van der Waals surface area contributed by atoms with Crippen LogP contribution in [0.2, 0.25) is 0 Å². The Labute approximate surface area is 158 Å². The molecule has 0 fully saturated rings. The first-order valence-corrected chi connectivity index (χ1v) is 8.31. The molecule has 0 aromatic heterocycles. The molecule has 0 aliphatic rings. The molecule has 122 valence electrons.